The molecule has 2 rings (SSSR count). The van der Waals surface area contributed by atoms with Gasteiger partial charge in [0.1, 0.15) is 0 Å². The first-order chi connectivity index (χ1) is 12.0. The highest BCUT2D eigenvalue weighted by Gasteiger charge is 2.14. The van der Waals surface area contributed by atoms with Gasteiger partial charge in [-0.3, -0.25) is 4.79 Å². The van der Waals surface area contributed by atoms with E-state index in [4.69, 9.17) is 0 Å². The highest BCUT2D eigenvalue weighted by Crippen LogP contribution is 2.22. The molecule has 0 aliphatic carbocycles. The van der Waals surface area contributed by atoms with Crippen molar-refractivity contribution in [1.29, 1.82) is 0 Å². The minimum Gasteiger partial charge on any atom is -0.267 e. The molecule has 0 radical (unpaired) electrons. The molecular formula is C20H24N2O3S. The summed E-state index contributed by atoms with van der Waals surface area (Å²) in [5.74, 6) is -0.294. The van der Waals surface area contributed by atoms with E-state index in [9.17, 15) is 13.2 Å². The second kappa shape index (κ2) is 7.41. The predicted octanol–water partition coefficient (Wildman–Crippen LogP) is 3.54. The zero-order chi connectivity index (χ0) is 19.5. The summed E-state index contributed by atoms with van der Waals surface area (Å²) in [6, 6.07) is 13.8. The number of hydrogen-bond acceptors (Lipinski definition) is 4. The molecule has 2 aromatic carbocycles. The number of carbonyl (C=O) groups is 1. The third-order valence-electron chi connectivity index (χ3n) is 4.04. The molecule has 0 spiro atoms. The summed E-state index contributed by atoms with van der Waals surface area (Å²) < 4.78 is 23.0. The van der Waals surface area contributed by atoms with Crippen molar-refractivity contribution in [3.63, 3.8) is 0 Å². The van der Waals surface area contributed by atoms with Gasteiger partial charge < -0.3 is 0 Å². The van der Waals surface area contributed by atoms with Crippen LogP contribution in [0.2, 0.25) is 0 Å². The number of rotatable bonds is 4. The SMILES string of the molecule is C/C(=N/NC(=O)c1ccc(C(C)(C)C)cc1)c1ccc(S(C)(=O)=O)cc1. The van der Waals surface area contributed by atoms with Gasteiger partial charge >= 0.3 is 0 Å². The van der Waals surface area contributed by atoms with Gasteiger partial charge in [0, 0.05) is 11.8 Å². The molecule has 5 nitrogen and oxygen atoms in total. The fraction of sp³-hybridized carbons (Fsp3) is 0.300. The van der Waals surface area contributed by atoms with Crippen LogP contribution in [0.3, 0.4) is 0 Å². The maximum Gasteiger partial charge on any atom is 0.271 e. The van der Waals surface area contributed by atoms with Crippen LogP contribution in [-0.2, 0) is 15.3 Å². The first-order valence-electron chi connectivity index (χ1n) is 8.24. The van der Waals surface area contributed by atoms with E-state index in [1.54, 1.807) is 31.2 Å². The summed E-state index contributed by atoms with van der Waals surface area (Å²) in [4.78, 5) is 12.5. The minimum absolute atomic E-state index is 0.0296. The van der Waals surface area contributed by atoms with Crippen LogP contribution in [0.15, 0.2) is 58.5 Å². The molecule has 1 N–H and O–H groups in total. The normalized spacial score (nSPS) is 12.7. The maximum absolute atomic E-state index is 12.2. The molecule has 0 saturated heterocycles. The van der Waals surface area contributed by atoms with Crippen molar-refractivity contribution >= 4 is 21.5 Å². The van der Waals surface area contributed by atoms with E-state index in [1.165, 1.54) is 12.1 Å². The zero-order valence-corrected chi connectivity index (χ0v) is 16.5. The Hall–Kier alpha value is -2.47. The zero-order valence-electron chi connectivity index (χ0n) is 15.7. The lowest BCUT2D eigenvalue weighted by molar-refractivity contribution is 0.0954. The Morgan fingerprint density at radius 2 is 1.42 bits per heavy atom. The molecule has 0 atom stereocenters. The third kappa shape index (κ3) is 5.02. The Kier molecular flexibility index (Phi) is 5.66. The van der Waals surface area contributed by atoms with E-state index in [1.807, 2.05) is 12.1 Å². The van der Waals surface area contributed by atoms with E-state index >= 15 is 0 Å². The molecule has 1 amide bonds. The van der Waals surface area contributed by atoms with Crippen LogP contribution in [0.4, 0.5) is 0 Å². The van der Waals surface area contributed by atoms with Gasteiger partial charge in [0.15, 0.2) is 9.84 Å². The van der Waals surface area contributed by atoms with Crippen LogP contribution < -0.4 is 5.43 Å². The number of nitrogens with zero attached hydrogens (tertiary/aromatic N) is 1. The maximum atomic E-state index is 12.2. The van der Waals surface area contributed by atoms with Gasteiger partial charge in [-0.05, 0) is 47.7 Å². The summed E-state index contributed by atoms with van der Waals surface area (Å²) in [5.41, 5.74) is 5.57. The Morgan fingerprint density at radius 3 is 1.88 bits per heavy atom. The van der Waals surface area contributed by atoms with Gasteiger partial charge in [-0.15, -0.1) is 0 Å². The van der Waals surface area contributed by atoms with Crippen molar-refractivity contribution < 1.29 is 13.2 Å². The van der Waals surface area contributed by atoms with E-state index in [2.05, 4.69) is 31.3 Å². The van der Waals surface area contributed by atoms with Gasteiger partial charge in [0.25, 0.3) is 5.91 Å². The quantitative estimate of drug-likeness (QED) is 0.659. The topological polar surface area (TPSA) is 75.6 Å². The highest BCUT2D eigenvalue weighted by atomic mass is 32.2. The van der Waals surface area contributed by atoms with Crippen LogP contribution in [0.5, 0.6) is 0 Å². The fourth-order valence-electron chi connectivity index (χ4n) is 2.33. The first kappa shape index (κ1) is 19.8. The average molecular weight is 372 g/mol. The minimum atomic E-state index is -3.23. The van der Waals surface area contributed by atoms with Crippen LogP contribution in [0, 0.1) is 0 Å². The molecule has 6 heteroatoms. The summed E-state index contributed by atoms with van der Waals surface area (Å²) in [7, 11) is -3.23. The monoisotopic (exact) mass is 372 g/mol. The van der Waals surface area contributed by atoms with Crippen molar-refractivity contribution in [3.05, 3.63) is 65.2 Å². The molecule has 0 saturated carbocycles. The Morgan fingerprint density at radius 1 is 0.923 bits per heavy atom. The average Bonchev–Trinajstić information content (AvgIpc) is 2.58. The number of amides is 1. The highest BCUT2D eigenvalue weighted by molar-refractivity contribution is 7.90. The molecule has 0 bridgehead atoms. The van der Waals surface area contributed by atoms with Crippen molar-refractivity contribution in [1.82, 2.24) is 5.43 Å². The second-order valence-corrected chi connectivity index (χ2v) is 9.28. The molecule has 0 heterocycles. The van der Waals surface area contributed by atoms with Crippen molar-refractivity contribution in [3.8, 4) is 0 Å². The van der Waals surface area contributed by atoms with Gasteiger partial charge in [-0.1, -0.05) is 45.0 Å². The fourth-order valence-corrected chi connectivity index (χ4v) is 2.96. The van der Waals surface area contributed by atoms with Gasteiger partial charge in [0.2, 0.25) is 0 Å². The molecule has 26 heavy (non-hydrogen) atoms. The standard InChI is InChI=1S/C20H24N2O3S/c1-14(15-8-12-18(13-9-15)26(5,24)25)21-22-19(23)16-6-10-17(11-7-16)20(2,3)4/h6-13H,1-5H3,(H,22,23)/b21-14-. The van der Waals surface area contributed by atoms with Gasteiger partial charge in [0.05, 0.1) is 10.6 Å². The van der Waals surface area contributed by atoms with E-state index in [-0.39, 0.29) is 16.2 Å². The Labute approximate surface area is 155 Å². The van der Waals surface area contributed by atoms with E-state index < -0.39 is 9.84 Å². The molecule has 0 unspecified atom stereocenters. The number of sulfone groups is 1. The van der Waals surface area contributed by atoms with E-state index in [0.717, 1.165) is 17.4 Å². The Bertz CT molecular complexity index is 921. The predicted molar refractivity (Wildman–Crippen MR) is 104 cm³/mol. The van der Waals surface area contributed by atoms with Gasteiger partial charge in [-0.25, -0.2) is 13.8 Å². The summed E-state index contributed by atoms with van der Waals surface area (Å²) in [6.07, 6.45) is 1.16. The summed E-state index contributed by atoms with van der Waals surface area (Å²) in [5, 5.41) is 4.10. The Balaban J connectivity index is 2.09. The summed E-state index contributed by atoms with van der Waals surface area (Å²) >= 11 is 0. The molecule has 2 aromatic rings. The molecular weight excluding hydrogens is 348 g/mol. The van der Waals surface area contributed by atoms with Crippen LogP contribution in [0.25, 0.3) is 0 Å². The lowest BCUT2D eigenvalue weighted by Crippen LogP contribution is -2.20. The largest absolute Gasteiger partial charge is 0.271 e. The van der Waals surface area contributed by atoms with Crippen molar-refractivity contribution in [2.45, 2.75) is 38.0 Å². The first-order valence-corrected chi connectivity index (χ1v) is 10.1. The number of hydrazone groups is 1. The lowest BCUT2D eigenvalue weighted by Gasteiger charge is -2.18. The number of nitrogens with one attached hydrogen (secondary N) is 1. The third-order valence-corrected chi connectivity index (χ3v) is 5.17. The smallest absolute Gasteiger partial charge is 0.267 e. The van der Waals surface area contributed by atoms with Crippen LogP contribution in [0.1, 0.15) is 49.2 Å². The molecule has 138 valence electrons. The molecule has 0 fully saturated rings. The molecule has 0 aliphatic heterocycles. The van der Waals surface area contributed by atoms with E-state index in [0.29, 0.717) is 11.3 Å². The van der Waals surface area contributed by atoms with Crippen LogP contribution >= 0.6 is 0 Å². The molecule has 0 aliphatic rings. The summed E-state index contributed by atoms with van der Waals surface area (Å²) in [6.45, 7) is 8.10. The van der Waals surface area contributed by atoms with Crippen molar-refractivity contribution in [2.24, 2.45) is 5.10 Å². The number of carbonyl (C=O) groups excluding carboxylic acids is 1. The number of benzene rings is 2. The lowest BCUT2D eigenvalue weighted by atomic mass is 9.87. The second-order valence-electron chi connectivity index (χ2n) is 7.26. The van der Waals surface area contributed by atoms with Crippen LogP contribution in [-0.4, -0.2) is 26.3 Å². The molecule has 0 aromatic heterocycles. The van der Waals surface area contributed by atoms with Crippen molar-refractivity contribution in [2.75, 3.05) is 6.26 Å². The number of hydrogen-bond donors (Lipinski definition) is 1. The van der Waals surface area contributed by atoms with Gasteiger partial charge in [-0.2, -0.15) is 5.10 Å².